The normalized spacial score (nSPS) is 14.6. The van der Waals surface area contributed by atoms with Crippen molar-refractivity contribution < 1.29 is 0 Å². The van der Waals surface area contributed by atoms with Crippen molar-refractivity contribution in [1.82, 2.24) is 0 Å². The zero-order valence-corrected chi connectivity index (χ0v) is 52.8. The lowest BCUT2D eigenvalue weighted by Crippen LogP contribution is -2.27. The van der Waals surface area contributed by atoms with Crippen LogP contribution in [-0.4, -0.2) is 0 Å². The van der Waals surface area contributed by atoms with Crippen LogP contribution in [0.5, 0.6) is 0 Å². The minimum Gasteiger partial charge on any atom is -0.198 e. The van der Waals surface area contributed by atoms with Gasteiger partial charge in [0.05, 0.1) is 23.0 Å². The van der Waals surface area contributed by atoms with Gasteiger partial charge >= 0.3 is 0 Å². The average molecular weight is 1090 g/mol. The van der Waals surface area contributed by atoms with Crippen molar-refractivity contribution >= 4 is 0 Å². The van der Waals surface area contributed by atoms with Gasteiger partial charge in [-0.25, -0.2) is 0 Å². The molecular weight excluding hydrogens is 977 g/mol. The molecule has 0 unspecified atom stereocenters. The molecule has 3 aliphatic carbocycles. The number of nitriles is 2. The van der Waals surface area contributed by atoms with Gasteiger partial charge in [0.25, 0.3) is 0 Å². The largest absolute Gasteiger partial charge is 0.198 e. The van der Waals surface area contributed by atoms with Crippen molar-refractivity contribution in [1.29, 1.82) is 10.5 Å². The van der Waals surface area contributed by atoms with E-state index < -0.39 is 0 Å². The highest BCUT2D eigenvalue weighted by Crippen LogP contribution is 2.61. The fourth-order valence-electron chi connectivity index (χ4n) is 15.4. The third-order valence-corrected chi connectivity index (χ3v) is 20.1. The van der Waals surface area contributed by atoms with E-state index in [2.05, 4.69) is 149 Å². The van der Waals surface area contributed by atoms with Gasteiger partial charge in [0, 0.05) is 16.2 Å². The van der Waals surface area contributed by atoms with Crippen LogP contribution in [0.15, 0.2) is 109 Å². The molecule has 0 saturated carbocycles. The van der Waals surface area contributed by atoms with Crippen LogP contribution in [0.1, 0.15) is 307 Å². The van der Waals surface area contributed by atoms with E-state index in [-0.39, 0.29) is 27.1 Å². The van der Waals surface area contributed by atoms with E-state index in [1.807, 2.05) is 27.7 Å². The van der Waals surface area contributed by atoms with E-state index >= 15 is 0 Å². The molecule has 0 aromatic heterocycles. The number of rotatable bonds is 36. The minimum absolute atomic E-state index is 0.0236. The van der Waals surface area contributed by atoms with Crippen LogP contribution in [0, 0.1) is 33.5 Å². The van der Waals surface area contributed by atoms with Crippen LogP contribution in [0.25, 0.3) is 33.4 Å². The van der Waals surface area contributed by atoms with E-state index in [1.165, 1.54) is 202 Å². The molecule has 0 radical (unpaired) electrons. The summed E-state index contributed by atoms with van der Waals surface area (Å²) in [6.07, 6.45) is 44.1. The van der Waals surface area contributed by atoms with E-state index in [4.69, 9.17) is 0 Å². The lowest BCUT2D eigenvalue weighted by molar-refractivity contribution is 0.339. The van der Waals surface area contributed by atoms with E-state index in [9.17, 15) is 10.5 Å². The number of hydrogen-bond donors (Lipinski definition) is 0. The molecule has 0 spiro atoms. The molecule has 0 bridgehead atoms. The third-order valence-electron chi connectivity index (χ3n) is 20.1. The second kappa shape index (κ2) is 31.1. The second-order valence-electron chi connectivity index (χ2n) is 27.1. The Labute approximate surface area is 496 Å². The lowest BCUT2D eigenvalue weighted by Gasteiger charge is -2.35. The molecule has 5 aromatic carbocycles. The first-order valence-corrected chi connectivity index (χ1v) is 33.8. The van der Waals surface area contributed by atoms with Crippen LogP contribution in [-0.2, 0) is 16.2 Å². The molecule has 2 nitrogen and oxygen atoms in total. The Kier molecular flexibility index (Phi) is 24.5. The molecule has 0 N–H and O–H groups in total. The molecule has 0 fully saturated rings. The van der Waals surface area contributed by atoms with Gasteiger partial charge < -0.3 is 0 Å². The van der Waals surface area contributed by atoms with Gasteiger partial charge in [0.15, 0.2) is 0 Å². The van der Waals surface area contributed by atoms with Gasteiger partial charge in [-0.3, -0.25) is 0 Å². The maximum Gasteiger partial charge on any atom is 0.0683 e. The summed E-state index contributed by atoms with van der Waals surface area (Å²) in [5.74, 6) is 0. The average Bonchev–Trinajstić information content (AvgIpc) is 2.83. The molecule has 2 heteroatoms. The van der Waals surface area contributed by atoms with Crippen molar-refractivity contribution in [2.24, 2.45) is 10.8 Å². The first kappa shape index (κ1) is 63.7. The van der Waals surface area contributed by atoms with Gasteiger partial charge in [0.2, 0.25) is 0 Å². The Hall–Kier alpha value is -4.92. The number of nitrogens with zero attached hydrogens (tertiary/aromatic N) is 2. The van der Waals surface area contributed by atoms with Crippen molar-refractivity contribution in [3.8, 4) is 45.5 Å². The second-order valence-corrected chi connectivity index (χ2v) is 27.1. The standard InChI is InChI=1S/C52H78.C27H32N2/c1-5-9-13-17-21-29-37-51(38-30-22-18-14-10-6-2)47-35-27-25-33-43(47)45-42-50-46(41-49(45)51)44-34-26-28-36-48(44)52(50,39-31-23-19-15-11-7-3)40-32-24-20-16-12-8-4;1-25(2,19-28)15-9-17-27(18-10-16-26(3,4)20-29)23-13-7-5-11-21(23)22-12-6-8-14-24(22)27/h25-28,33-36,41-42H,5-24,29-32,37-40H2,1-4H3;5-8,11-14H,9-10,15-18H2,1-4H3. The van der Waals surface area contributed by atoms with Crippen molar-refractivity contribution in [2.75, 3.05) is 0 Å². The maximum atomic E-state index is 9.44. The molecule has 436 valence electrons. The van der Waals surface area contributed by atoms with Gasteiger partial charge in [-0.1, -0.05) is 292 Å². The first-order chi connectivity index (χ1) is 39.4. The zero-order valence-electron chi connectivity index (χ0n) is 52.8. The fourth-order valence-corrected chi connectivity index (χ4v) is 15.4. The zero-order chi connectivity index (χ0) is 57.6. The van der Waals surface area contributed by atoms with Crippen LogP contribution >= 0.6 is 0 Å². The molecule has 5 aromatic rings. The summed E-state index contributed by atoms with van der Waals surface area (Å²) in [5, 5.41) is 18.9. The molecular formula is C79H110N2. The Morgan fingerprint density at radius 1 is 0.284 bits per heavy atom. The van der Waals surface area contributed by atoms with E-state index in [0.717, 1.165) is 38.5 Å². The topological polar surface area (TPSA) is 47.6 Å². The van der Waals surface area contributed by atoms with Crippen LogP contribution < -0.4 is 0 Å². The Morgan fingerprint density at radius 3 is 0.778 bits per heavy atom. The molecule has 81 heavy (non-hydrogen) atoms. The number of fused-ring (bicyclic) bond motifs is 9. The summed E-state index contributed by atoms with van der Waals surface area (Å²) in [7, 11) is 0. The molecule has 0 aliphatic heterocycles. The molecule has 3 aliphatic rings. The van der Waals surface area contributed by atoms with Gasteiger partial charge in [0.1, 0.15) is 0 Å². The van der Waals surface area contributed by atoms with E-state index in [1.54, 1.807) is 44.5 Å². The maximum absolute atomic E-state index is 9.44. The predicted octanol–water partition coefficient (Wildman–Crippen LogP) is 24.6. The van der Waals surface area contributed by atoms with Gasteiger partial charge in [-0.15, -0.1) is 0 Å². The smallest absolute Gasteiger partial charge is 0.0683 e. The molecule has 0 heterocycles. The molecule has 0 amide bonds. The van der Waals surface area contributed by atoms with Crippen molar-refractivity contribution in [3.63, 3.8) is 0 Å². The summed E-state index contributed by atoms with van der Waals surface area (Å²) in [6, 6.07) is 47.6. The summed E-state index contributed by atoms with van der Waals surface area (Å²) in [6.45, 7) is 17.5. The van der Waals surface area contributed by atoms with Crippen molar-refractivity contribution in [2.45, 2.75) is 290 Å². The summed E-state index contributed by atoms with van der Waals surface area (Å²) in [5.41, 5.74) is 18.2. The number of unbranched alkanes of at least 4 members (excludes halogenated alkanes) is 20. The highest BCUT2D eigenvalue weighted by atomic mass is 14.5. The van der Waals surface area contributed by atoms with E-state index in [0.29, 0.717) is 0 Å². The molecule has 8 rings (SSSR count). The number of hydrogen-bond acceptors (Lipinski definition) is 2. The summed E-state index contributed by atoms with van der Waals surface area (Å²) < 4.78 is 0. The number of benzene rings is 5. The third kappa shape index (κ3) is 15.5. The fraction of sp³-hybridized carbons (Fsp3) is 0.595. The van der Waals surface area contributed by atoms with Crippen LogP contribution in [0.4, 0.5) is 0 Å². The quantitative estimate of drug-likeness (QED) is 0.0375. The monoisotopic (exact) mass is 1090 g/mol. The minimum atomic E-state index is -0.290. The Bertz CT molecular complexity index is 2560. The Balaban J connectivity index is 0.000000275. The first-order valence-electron chi connectivity index (χ1n) is 33.8. The SMILES string of the molecule is CC(C)(C#N)CCCC1(CCCC(C)(C)C#N)c2ccccc2-c2ccccc21.CCCCCCCCC1(CCCCCCCC)c2ccccc2-c2cc3c(cc21)-c1ccccc1C3(CCCCCCCC)CCCCCCCC. The summed E-state index contributed by atoms with van der Waals surface area (Å²) in [4.78, 5) is 0. The predicted molar refractivity (Wildman–Crippen MR) is 350 cm³/mol. The summed E-state index contributed by atoms with van der Waals surface area (Å²) >= 11 is 0. The van der Waals surface area contributed by atoms with Crippen LogP contribution in [0.3, 0.4) is 0 Å². The van der Waals surface area contributed by atoms with Crippen LogP contribution in [0.2, 0.25) is 0 Å². The highest BCUT2D eigenvalue weighted by molar-refractivity contribution is 5.90. The Morgan fingerprint density at radius 2 is 0.506 bits per heavy atom. The highest BCUT2D eigenvalue weighted by Gasteiger charge is 2.48. The molecule has 0 saturated heterocycles. The lowest BCUT2D eigenvalue weighted by atomic mass is 9.68. The van der Waals surface area contributed by atoms with Gasteiger partial charge in [-0.05, 0) is 158 Å². The molecule has 0 atom stereocenters. The van der Waals surface area contributed by atoms with Gasteiger partial charge in [-0.2, -0.15) is 10.5 Å². The van der Waals surface area contributed by atoms with Crippen molar-refractivity contribution in [3.05, 3.63) is 143 Å².